The van der Waals surface area contributed by atoms with Gasteiger partial charge < -0.3 is 29.0 Å². The predicted molar refractivity (Wildman–Crippen MR) is 133 cm³/mol. The van der Waals surface area contributed by atoms with Gasteiger partial charge in [0.2, 0.25) is 0 Å². The molecule has 0 aliphatic rings. The van der Waals surface area contributed by atoms with Crippen molar-refractivity contribution in [2.45, 2.75) is 45.8 Å². The van der Waals surface area contributed by atoms with Crippen molar-refractivity contribution in [1.82, 2.24) is 5.32 Å². The van der Waals surface area contributed by atoms with Crippen LogP contribution in [0.4, 0.5) is 4.39 Å². The molecule has 9 heteroatoms. The number of nitrogens with one attached hydrogen (secondary N) is 1. The maximum Gasteiger partial charge on any atom is 0.325 e. The van der Waals surface area contributed by atoms with E-state index in [1.165, 1.54) is 6.07 Å². The summed E-state index contributed by atoms with van der Waals surface area (Å²) in [7, 11) is -3.96. The van der Waals surface area contributed by atoms with Crippen molar-refractivity contribution in [3.05, 3.63) is 71.7 Å². The Bertz CT molecular complexity index is 1110. The topological polar surface area (TPSA) is 101 Å². The molecule has 0 radical (unpaired) electrons. The van der Waals surface area contributed by atoms with Gasteiger partial charge >= 0.3 is 7.60 Å². The van der Waals surface area contributed by atoms with Crippen molar-refractivity contribution in [2.75, 3.05) is 19.3 Å². The van der Waals surface area contributed by atoms with Crippen molar-refractivity contribution in [3.8, 4) is 22.8 Å². The Morgan fingerprint density at radius 1 is 1.06 bits per heavy atom. The van der Waals surface area contributed by atoms with Crippen LogP contribution in [0.3, 0.4) is 0 Å². The highest BCUT2D eigenvalue weighted by Gasteiger charge is 2.13. The third kappa shape index (κ3) is 9.15. The minimum Gasteiger partial charge on any atom is -0.493 e. The Morgan fingerprint density at radius 3 is 2.51 bits per heavy atom. The number of rotatable bonds is 14. The maximum atomic E-state index is 14.2. The zero-order valence-electron chi connectivity index (χ0n) is 20.1. The molecule has 0 unspecified atom stereocenters. The smallest absolute Gasteiger partial charge is 0.325 e. The van der Waals surface area contributed by atoms with Gasteiger partial charge in [-0.25, -0.2) is 4.39 Å². The first-order valence-electron chi connectivity index (χ1n) is 11.7. The van der Waals surface area contributed by atoms with Gasteiger partial charge in [0, 0.05) is 6.54 Å². The third-order valence-corrected chi connectivity index (χ3v) is 6.09. The van der Waals surface area contributed by atoms with E-state index in [1.54, 1.807) is 12.3 Å². The Kier molecular flexibility index (Phi) is 9.93. The molecule has 190 valence electrons. The summed E-state index contributed by atoms with van der Waals surface area (Å²) in [6, 6.07) is 14.5. The van der Waals surface area contributed by atoms with Crippen LogP contribution in [0.5, 0.6) is 11.5 Å². The van der Waals surface area contributed by atoms with Gasteiger partial charge in [0.15, 0.2) is 11.6 Å². The molecule has 3 aromatic rings. The number of aryl methyl sites for hydroxylation is 1. The average Bonchev–Trinajstić information content (AvgIpc) is 3.32. The summed E-state index contributed by atoms with van der Waals surface area (Å²) in [5.74, 6) is 1.28. The molecule has 0 aliphatic carbocycles. The summed E-state index contributed by atoms with van der Waals surface area (Å²) in [4.78, 5) is 17.9. The zero-order chi connectivity index (χ0) is 25.3. The second-order valence-electron chi connectivity index (χ2n) is 8.61. The van der Waals surface area contributed by atoms with Crippen LogP contribution in [-0.4, -0.2) is 35.2 Å². The molecule has 0 fully saturated rings. The Balaban J connectivity index is 1.55. The van der Waals surface area contributed by atoms with Crippen molar-refractivity contribution in [3.63, 3.8) is 0 Å². The quantitative estimate of drug-likeness (QED) is 0.195. The van der Waals surface area contributed by atoms with Gasteiger partial charge in [0.05, 0.1) is 30.7 Å². The normalized spacial score (nSPS) is 11.7. The lowest BCUT2D eigenvalue weighted by Crippen LogP contribution is -2.16. The van der Waals surface area contributed by atoms with Gasteiger partial charge in [-0.15, -0.1) is 0 Å². The van der Waals surface area contributed by atoms with E-state index < -0.39 is 7.60 Å². The van der Waals surface area contributed by atoms with Crippen LogP contribution in [0, 0.1) is 5.82 Å². The van der Waals surface area contributed by atoms with E-state index in [2.05, 4.69) is 5.32 Å². The highest BCUT2D eigenvalue weighted by atomic mass is 31.2. The molecule has 2 aromatic carbocycles. The van der Waals surface area contributed by atoms with E-state index in [0.717, 1.165) is 16.7 Å². The number of hydrogen-bond donors (Lipinski definition) is 3. The van der Waals surface area contributed by atoms with Crippen molar-refractivity contribution in [2.24, 2.45) is 0 Å². The first-order chi connectivity index (χ1) is 16.7. The molecule has 0 amide bonds. The first kappa shape index (κ1) is 27.0. The van der Waals surface area contributed by atoms with Gasteiger partial charge in [0.25, 0.3) is 0 Å². The second kappa shape index (κ2) is 12.9. The highest BCUT2D eigenvalue weighted by molar-refractivity contribution is 7.51. The van der Waals surface area contributed by atoms with Crippen LogP contribution < -0.4 is 14.8 Å². The van der Waals surface area contributed by atoms with Crippen LogP contribution in [0.1, 0.15) is 37.8 Å². The van der Waals surface area contributed by atoms with E-state index in [0.29, 0.717) is 50.5 Å². The van der Waals surface area contributed by atoms with Gasteiger partial charge in [-0.05, 0) is 87.2 Å². The van der Waals surface area contributed by atoms with E-state index in [4.69, 9.17) is 23.7 Å². The van der Waals surface area contributed by atoms with Crippen molar-refractivity contribution >= 4 is 7.60 Å². The molecule has 0 saturated carbocycles. The molecule has 1 heterocycles. The number of ether oxygens (including phenoxy) is 2. The molecule has 0 atom stereocenters. The summed E-state index contributed by atoms with van der Waals surface area (Å²) in [5.41, 5.74) is 2.71. The zero-order valence-corrected chi connectivity index (χ0v) is 21.0. The number of halogens is 1. The van der Waals surface area contributed by atoms with E-state index in [9.17, 15) is 8.96 Å². The SMILES string of the molecule is CC(C)Oc1ccc(CCCOc2ccc(CNCCCP(=O)(O)O)cc2-c2ccco2)cc1F. The predicted octanol–water partition coefficient (Wildman–Crippen LogP) is 5.54. The Morgan fingerprint density at radius 2 is 1.83 bits per heavy atom. The Labute approximate surface area is 205 Å². The molecule has 0 saturated heterocycles. The summed E-state index contributed by atoms with van der Waals surface area (Å²) in [6.07, 6.45) is 3.17. The molecular weight excluding hydrogens is 472 g/mol. The molecule has 0 aliphatic heterocycles. The van der Waals surface area contributed by atoms with Crippen LogP contribution in [0.2, 0.25) is 0 Å². The second-order valence-corrected chi connectivity index (χ2v) is 10.4. The lowest BCUT2D eigenvalue weighted by Gasteiger charge is -2.13. The molecule has 3 N–H and O–H groups in total. The summed E-state index contributed by atoms with van der Waals surface area (Å²) < 4.78 is 42.2. The van der Waals surface area contributed by atoms with E-state index >= 15 is 0 Å². The molecule has 0 bridgehead atoms. The van der Waals surface area contributed by atoms with Crippen molar-refractivity contribution in [1.29, 1.82) is 0 Å². The average molecular weight is 506 g/mol. The molecule has 1 aromatic heterocycles. The molecule has 3 rings (SSSR count). The van der Waals surface area contributed by atoms with Crippen molar-refractivity contribution < 1.29 is 32.6 Å². The fraction of sp³-hybridized carbons (Fsp3) is 0.385. The standard InChI is InChI=1S/C26H33FNO6P/c1-19(2)34-26-11-8-20(17-23(26)27)6-3-13-33-25-10-9-21(16-22(25)24-7-4-14-32-24)18-28-12-5-15-35(29,30)31/h4,7-11,14,16-17,19,28H,3,5-6,12-13,15,18H2,1-2H3,(H2,29,30,31). The summed E-state index contributed by atoms with van der Waals surface area (Å²) in [6.45, 7) is 5.24. The molecule has 7 nitrogen and oxygen atoms in total. The monoisotopic (exact) mass is 505 g/mol. The Hall–Kier alpha value is -2.64. The summed E-state index contributed by atoms with van der Waals surface area (Å²) in [5, 5.41) is 3.20. The summed E-state index contributed by atoms with van der Waals surface area (Å²) >= 11 is 0. The van der Waals surface area contributed by atoms with Gasteiger partial charge in [-0.3, -0.25) is 4.57 Å². The van der Waals surface area contributed by atoms with E-state index in [1.807, 2.05) is 50.2 Å². The highest BCUT2D eigenvalue weighted by Crippen LogP contribution is 2.34. The lowest BCUT2D eigenvalue weighted by molar-refractivity contribution is 0.231. The first-order valence-corrected chi connectivity index (χ1v) is 13.5. The minimum atomic E-state index is -3.96. The molecule has 0 spiro atoms. The van der Waals surface area contributed by atoms with Crippen LogP contribution in [0.25, 0.3) is 11.3 Å². The maximum absolute atomic E-state index is 14.2. The van der Waals surface area contributed by atoms with E-state index in [-0.39, 0.29) is 23.8 Å². The number of benzene rings is 2. The molecular formula is C26H33FNO6P. The fourth-order valence-electron chi connectivity index (χ4n) is 3.59. The lowest BCUT2D eigenvalue weighted by atomic mass is 10.1. The van der Waals surface area contributed by atoms with Gasteiger partial charge in [0.1, 0.15) is 11.5 Å². The number of hydrogen-bond acceptors (Lipinski definition) is 5. The van der Waals surface area contributed by atoms with Gasteiger partial charge in [-0.2, -0.15) is 0 Å². The fourth-order valence-corrected chi connectivity index (χ4v) is 4.16. The largest absolute Gasteiger partial charge is 0.493 e. The van der Waals surface area contributed by atoms with Crippen LogP contribution in [0.15, 0.2) is 59.2 Å². The van der Waals surface area contributed by atoms with Crippen LogP contribution >= 0.6 is 7.60 Å². The molecule has 35 heavy (non-hydrogen) atoms. The van der Waals surface area contributed by atoms with Gasteiger partial charge in [-0.1, -0.05) is 12.1 Å². The van der Waals surface area contributed by atoms with Crippen LogP contribution in [-0.2, 0) is 17.5 Å². The number of furan rings is 1. The third-order valence-electron chi connectivity index (χ3n) is 5.19. The minimum absolute atomic E-state index is 0.0814.